The molecule has 0 atom stereocenters. The van der Waals surface area contributed by atoms with Crippen molar-refractivity contribution in [2.45, 2.75) is 115 Å². The van der Waals surface area contributed by atoms with Gasteiger partial charge in [-0.25, -0.2) is 0 Å². The first-order chi connectivity index (χ1) is 13.8. The summed E-state index contributed by atoms with van der Waals surface area (Å²) in [5.74, 6) is 0.140. The summed E-state index contributed by atoms with van der Waals surface area (Å²) in [6, 6.07) is 8.03. The van der Waals surface area contributed by atoms with Gasteiger partial charge in [0.1, 0.15) is 0 Å². The Hall–Kier alpha value is -0.830. The summed E-state index contributed by atoms with van der Waals surface area (Å²) < 4.78 is 0. The van der Waals surface area contributed by atoms with Crippen molar-refractivity contribution in [2.24, 2.45) is 0 Å². The summed E-state index contributed by atoms with van der Waals surface area (Å²) in [5.41, 5.74) is 2.12. The Balaban J connectivity index is 1.84. The molecule has 1 amide bonds. The number of nitrogens with one attached hydrogen (secondary N) is 1. The number of halogens is 1. The number of rotatable bonds is 18. The number of hydrogen-bond donors (Lipinski definition) is 1. The van der Waals surface area contributed by atoms with Gasteiger partial charge < -0.3 is 5.32 Å². The van der Waals surface area contributed by atoms with Crippen LogP contribution in [0.1, 0.15) is 115 Å². The maximum atomic E-state index is 12.0. The van der Waals surface area contributed by atoms with E-state index in [2.05, 4.69) is 28.2 Å². The molecule has 0 spiro atoms. The van der Waals surface area contributed by atoms with Gasteiger partial charge >= 0.3 is 0 Å². The molecule has 0 bridgehead atoms. The molecule has 0 aromatic heterocycles. The fourth-order valence-corrected chi connectivity index (χ4v) is 3.93. The molecule has 1 rings (SSSR count). The first kappa shape index (κ1) is 25.2. The maximum Gasteiger partial charge on any atom is 0.224 e. The highest BCUT2D eigenvalue weighted by atomic mass is 79.9. The van der Waals surface area contributed by atoms with E-state index in [4.69, 9.17) is 0 Å². The first-order valence-corrected chi connectivity index (χ1v) is 12.8. The normalized spacial score (nSPS) is 10.9. The van der Waals surface area contributed by atoms with Crippen molar-refractivity contribution in [1.29, 1.82) is 0 Å². The fourth-order valence-electron chi connectivity index (χ4n) is 3.56. The number of alkyl halides is 1. The zero-order chi connectivity index (χ0) is 20.3. The molecule has 0 unspecified atom stereocenters. The Morgan fingerprint density at radius 2 is 1.14 bits per heavy atom. The van der Waals surface area contributed by atoms with E-state index in [1.54, 1.807) is 0 Å². The number of carbonyl (C=O) groups is 1. The summed E-state index contributed by atoms with van der Waals surface area (Å²) in [6.45, 7) is 2.28. The quantitative estimate of drug-likeness (QED) is 0.175. The monoisotopic (exact) mass is 451 g/mol. The fraction of sp³-hybridized carbons (Fsp3) is 0.720. The second-order valence-corrected chi connectivity index (χ2v) is 8.64. The van der Waals surface area contributed by atoms with E-state index in [1.807, 2.05) is 24.3 Å². The molecule has 0 saturated heterocycles. The molecular formula is C25H42BrNO. The van der Waals surface area contributed by atoms with Crippen molar-refractivity contribution < 1.29 is 4.79 Å². The molecule has 3 heteroatoms. The number of carbonyl (C=O) groups excluding carboxylic acids is 1. The number of amides is 1. The van der Waals surface area contributed by atoms with E-state index in [0.717, 1.165) is 17.4 Å². The number of hydrogen-bond acceptors (Lipinski definition) is 1. The topological polar surface area (TPSA) is 29.1 Å². The summed E-state index contributed by atoms with van der Waals surface area (Å²) in [6.07, 6.45) is 20.9. The molecule has 0 fully saturated rings. The van der Waals surface area contributed by atoms with Crippen LogP contribution >= 0.6 is 15.9 Å². The van der Waals surface area contributed by atoms with Crippen molar-refractivity contribution in [1.82, 2.24) is 0 Å². The van der Waals surface area contributed by atoms with Crippen molar-refractivity contribution >= 4 is 27.5 Å². The van der Waals surface area contributed by atoms with E-state index < -0.39 is 0 Å². The predicted molar refractivity (Wildman–Crippen MR) is 127 cm³/mol. The number of anilines is 1. The Morgan fingerprint density at radius 1 is 0.714 bits per heavy atom. The average molecular weight is 453 g/mol. The summed E-state index contributed by atoms with van der Waals surface area (Å²) >= 11 is 3.43. The van der Waals surface area contributed by atoms with E-state index in [9.17, 15) is 4.79 Å². The van der Waals surface area contributed by atoms with Gasteiger partial charge in [0.2, 0.25) is 5.91 Å². The van der Waals surface area contributed by atoms with Crippen LogP contribution in [-0.4, -0.2) is 5.91 Å². The Labute approximate surface area is 182 Å². The highest BCUT2D eigenvalue weighted by Gasteiger charge is 2.02. The number of benzene rings is 1. The standard InChI is InChI=1S/C25H42BrNO/c1-2-3-4-5-6-7-8-9-10-11-12-13-14-15-16-17-25(28)27-24-20-18-23(22-26)19-21-24/h18-21H,2-17,22H2,1H3,(H,27,28). The molecule has 28 heavy (non-hydrogen) atoms. The molecule has 2 nitrogen and oxygen atoms in total. The lowest BCUT2D eigenvalue weighted by Gasteiger charge is -2.06. The van der Waals surface area contributed by atoms with Gasteiger partial charge in [0, 0.05) is 17.4 Å². The lowest BCUT2D eigenvalue weighted by Crippen LogP contribution is -2.10. The summed E-state index contributed by atoms with van der Waals surface area (Å²) in [5, 5.41) is 3.84. The van der Waals surface area contributed by atoms with Crippen LogP contribution in [0, 0.1) is 0 Å². The van der Waals surface area contributed by atoms with Crippen LogP contribution in [0.5, 0.6) is 0 Å². The summed E-state index contributed by atoms with van der Waals surface area (Å²) in [4.78, 5) is 12.0. The van der Waals surface area contributed by atoms with Crippen LogP contribution in [0.15, 0.2) is 24.3 Å². The van der Waals surface area contributed by atoms with Crippen LogP contribution in [0.4, 0.5) is 5.69 Å². The average Bonchev–Trinajstić information content (AvgIpc) is 2.71. The highest BCUT2D eigenvalue weighted by molar-refractivity contribution is 9.08. The molecule has 1 N–H and O–H groups in total. The van der Waals surface area contributed by atoms with Crippen LogP contribution in [-0.2, 0) is 10.1 Å². The van der Waals surface area contributed by atoms with Crippen molar-refractivity contribution in [3.05, 3.63) is 29.8 Å². The second kappa shape index (κ2) is 18.2. The van der Waals surface area contributed by atoms with E-state index >= 15 is 0 Å². The molecule has 0 radical (unpaired) electrons. The highest BCUT2D eigenvalue weighted by Crippen LogP contribution is 2.15. The molecule has 1 aromatic rings. The maximum absolute atomic E-state index is 12.0. The van der Waals surface area contributed by atoms with Gasteiger partial charge in [-0.1, -0.05) is 125 Å². The van der Waals surface area contributed by atoms with Crippen molar-refractivity contribution in [2.75, 3.05) is 5.32 Å². The van der Waals surface area contributed by atoms with Crippen LogP contribution in [0.25, 0.3) is 0 Å². The minimum atomic E-state index is 0.140. The Morgan fingerprint density at radius 3 is 1.57 bits per heavy atom. The predicted octanol–water partition coefficient (Wildman–Crippen LogP) is 8.78. The molecular weight excluding hydrogens is 410 g/mol. The van der Waals surface area contributed by atoms with Gasteiger partial charge in [-0.05, 0) is 24.1 Å². The largest absolute Gasteiger partial charge is 0.326 e. The Bertz CT molecular complexity index is 486. The SMILES string of the molecule is CCCCCCCCCCCCCCCCCC(=O)Nc1ccc(CBr)cc1. The minimum absolute atomic E-state index is 0.140. The lowest BCUT2D eigenvalue weighted by molar-refractivity contribution is -0.116. The van der Waals surface area contributed by atoms with Gasteiger partial charge in [0.25, 0.3) is 0 Å². The van der Waals surface area contributed by atoms with E-state index in [0.29, 0.717) is 6.42 Å². The molecule has 1 aromatic carbocycles. The van der Waals surface area contributed by atoms with Crippen LogP contribution in [0.3, 0.4) is 0 Å². The van der Waals surface area contributed by atoms with Gasteiger partial charge in [-0.15, -0.1) is 0 Å². The second-order valence-electron chi connectivity index (χ2n) is 8.08. The number of unbranched alkanes of at least 4 members (excludes halogenated alkanes) is 14. The van der Waals surface area contributed by atoms with E-state index in [1.165, 1.54) is 95.5 Å². The third-order valence-corrected chi connectivity index (χ3v) is 6.05. The van der Waals surface area contributed by atoms with Crippen LogP contribution in [0.2, 0.25) is 0 Å². The molecule has 0 aliphatic rings. The lowest BCUT2D eigenvalue weighted by atomic mass is 10.0. The van der Waals surface area contributed by atoms with Gasteiger partial charge in [-0.2, -0.15) is 0 Å². The molecule has 0 saturated carbocycles. The molecule has 0 aliphatic carbocycles. The molecule has 0 heterocycles. The smallest absolute Gasteiger partial charge is 0.224 e. The molecule has 160 valence electrons. The van der Waals surface area contributed by atoms with Gasteiger partial charge in [0.05, 0.1) is 0 Å². The van der Waals surface area contributed by atoms with Crippen molar-refractivity contribution in [3.63, 3.8) is 0 Å². The van der Waals surface area contributed by atoms with Crippen molar-refractivity contribution in [3.8, 4) is 0 Å². The van der Waals surface area contributed by atoms with Gasteiger partial charge in [0.15, 0.2) is 0 Å². The summed E-state index contributed by atoms with van der Waals surface area (Å²) in [7, 11) is 0. The zero-order valence-corrected chi connectivity index (χ0v) is 19.7. The zero-order valence-electron chi connectivity index (χ0n) is 18.1. The van der Waals surface area contributed by atoms with E-state index in [-0.39, 0.29) is 5.91 Å². The third-order valence-electron chi connectivity index (χ3n) is 5.40. The third kappa shape index (κ3) is 14.2. The van der Waals surface area contributed by atoms with Crippen LogP contribution < -0.4 is 5.32 Å². The first-order valence-electron chi connectivity index (χ1n) is 11.7. The Kier molecular flexibility index (Phi) is 16.4. The minimum Gasteiger partial charge on any atom is -0.326 e. The molecule has 0 aliphatic heterocycles. The van der Waals surface area contributed by atoms with Gasteiger partial charge in [-0.3, -0.25) is 4.79 Å².